The fraction of sp³-hybridized carbons (Fsp3) is 0.440. The summed E-state index contributed by atoms with van der Waals surface area (Å²) in [6, 6.07) is 12.1. The van der Waals surface area contributed by atoms with E-state index < -0.39 is 5.79 Å². The molecular formula is C25H28N2O4S. The van der Waals surface area contributed by atoms with E-state index in [4.69, 9.17) is 9.47 Å². The van der Waals surface area contributed by atoms with Gasteiger partial charge in [0.25, 0.3) is 5.91 Å². The van der Waals surface area contributed by atoms with Crippen LogP contribution in [0, 0.1) is 13.8 Å². The van der Waals surface area contributed by atoms with Crippen molar-refractivity contribution in [2.24, 2.45) is 0 Å². The number of carbonyl (C=O) groups is 2. The zero-order chi connectivity index (χ0) is 22.3. The molecule has 2 amide bonds. The highest BCUT2D eigenvalue weighted by Crippen LogP contribution is 2.38. The average Bonchev–Trinajstić information content (AvgIpc) is 3.25. The molecule has 32 heavy (non-hydrogen) atoms. The highest BCUT2D eigenvalue weighted by Gasteiger charge is 2.41. The Balaban J connectivity index is 1.38. The molecule has 5 rings (SSSR count). The number of ether oxygens (including phenoxy) is 2. The summed E-state index contributed by atoms with van der Waals surface area (Å²) < 4.78 is 11.6. The lowest BCUT2D eigenvalue weighted by Gasteiger charge is -2.37. The Hall–Kier alpha value is -2.35. The maximum Gasteiger partial charge on any atom is 0.253 e. The van der Waals surface area contributed by atoms with E-state index in [1.54, 1.807) is 0 Å². The number of carbonyl (C=O) groups excluding carboxylic acids is 2. The van der Waals surface area contributed by atoms with Gasteiger partial charge in [-0.3, -0.25) is 9.59 Å². The molecule has 2 aromatic carbocycles. The number of likely N-dealkylation sites (tertiary alicyclic amines) is 1. The lowest BCUT2D eigenvalue weighted by Crippen LogP contribution is -2.47. The van der Waals surface area contributed by atoms with Crippen molar-refractivity contribution in [2.45, 2.75) is 43.9 Å². The SMILES string of the molecule is Cc1ccc(C)c(CN2C(=O)CSc3ccc(C(=O)N4CCC5(CC4)OCCO5)cc32)c1. The number of benzene rings is 2. The summed E-state index contributed by atoms with van der Waals surface area (Å²) in [6.07, 6.45) is 1.38. The Morgan fingerprint density at radius 3 is 2.56 bits per heavy atom. The van der Waals surface area contributed by atoms with E-state index in [1.165, 1.54) is 17.3 Å². The van der Waals surface area contributed by atoms with Crippen molar-refractivity contribution in [1.82, 2.24) is 4.90 Å². The first kappa shape index (κ1) is 21.5. The maximum absolute atomic E-state index is 13.3. The van der Waals surface area contributed by atoms with E-state index in [9.17, 15) is 9.59 Å². The molecule has 0 aromatic heterocycles. The number of piperidine rings is 1. The molecule has 3 aliphatic rings. The summed E-state index contributed by atoms with van der Waals surface area (Å²) in [7, 11) is 0. The first-order valence-electron chi connectivity index (χ1n) is 11.1. The third-order valence-corrected chi connectivity index (χ3v) is 7.66. The Morgan fingerprint density at radius 2 is 1.81 bits per heavy atom. The van der Waals surface area contributed by atoms with Crippen LogP contribution in [0.5, 0.6) is 0 Å². The van der Waals surface area contributed by atoms with Crippen LogP contribution in [-0.2, 0) is 20.8 Å². The predicted octanol–water partition coefficient (Wildman–Crippen LogP) is 3.92. The van der Waals surface area contributed by atoms with Gasteiger partial charge in [-0.05, 0) is 43.2 Å². The second kappa shape index (κ2) is 8.54. The molecule has 6 nitrogen and oxygen atoms in total. The number of thioether (sulfide) groups is 1. The summed E-state index contributed by atoms with van der Waals surface area (Å²) in [6.45, 7) is 7.11. The van der Waals surface area contributed by atoms with E-state index in [0.29, 0.717) is 57.0 Å². The number of rotatable bonds is 3. The fourth-order valence-corrected chi connectivity index (χ4v) is 5.58. The van der Waals surface area contributed by atoms with Crippen molar-refractivity contribution < 1.29 is 19.1 Å². The van der Waals surface area contributed by atoms with Crippen LogP contribution in [-0.4, -0.2) is 54.6 Å². The van der Waals surface area contributed by atoms with Crippen molar-refractivity contribution >= 4 is 29.3 Å². The smallest absolute Gasteiger partial charge is 0.253 e. The van der Waals surface area contributed by atoms with Gasteiger partial charge in [0.2, 0.25) is 5.91 Å². The van der Waals surface area contributed by atoms with Gasteiger partial charge in [-0.15, -0.1) is 11.8 Å². The number of hydrogen-bond donors (Lipinski definition) is 0. The van der Waals surface area contributed by atoms with Gasteiger partial charge in [0.05, 0.1) is 31.2 Å². The molecule has 0 bridgehead atoms. The van der Waals surface area contributed by atoms with E-state index in [0.717, 1.165) is 21.7 Å². The van der Waals surface area contributed by atoms with Crippen LogP contribution in [0.15, 0.2) is 41.3 Å². The number of anilines is 1. The molecule has 0 aliphatic carbocycles. The molecule has 0 radical (unpaired) electrons. The van der Waals surface area contributed by atoms with E-state index >= 15 is 0 Å². The van der Waals surface area contributed by atoms with Crippen molar-refractivity contribution in [3.63, 3.8) is 0 Å². The van der Waals surface area contributed by atoms with Gasteiger partial charge in [-0.1, -0.05) is 23.8 Å². The number of nitrogens with zero attached hydrogens (tertiary/aromatic N) is 2. The normalized spacial score (nSPS) is 20.0. The third-order valence-electron chi connectivity index (χ3n) is 6.61. The first-order chi connectivity index (χ1) is 15.4. The summed E-state index contributed by atoms with van der Waals surface area (Å²) in [5, 5.41) is 0. The Kier molecular flexibility index (Phi) is 5.73. The molecule has 2 saturated heterocycles. The number of aryl methyl sites for hydroxylation is 2. The Labute approximate surface area is 192 Å². The monoisotopic (exact) mass is 452 g/mol. The van der Waals surface area contributed by atoms with Crippen LogP contribution in [0.1, 0.15) is 39.9 Å². The number of amides is 2. The summed E-state index contributed by atoms with van der Waals surface area (Å²) in [5.74, 6) is -0.0174. The zero-order valence-corrected chi connectivity index (χ0v) is 19.4. The first-order valence-corrected chi connectivity index (χ1v) is 12.1. The van der Waals surface area contributed by atoms with Gasteiger partial charge < -0.3 is 19.3 Å². The van der Waals surface area contributed by atoms with Crippen LogP contribution in [0.4, 0.5) is 5.69 Å². The third kappa shape index (κ3) is 4.05. The van der Waals surface area contributed by atoms with Gasteiger partial charge in [0.1, 0.15) is 0 Å². The lowest BCUT2D eigenvalue weighted by atomic mass is 10.0. The molecule has 3 aliphatic heterocycles. The van der Waals surface area contributed by atoms with Crippen molar-refractivity contribution in [3.8, 4) is 0 Å². The van der Waals surface area contributed by atoms with Crippen molar-refractivity contribution in [2.75, 3.05) is 37.0 Å². The Morgan fingerprint density at radius 1 is 1.06 bits per heavy atom. The van der Waals surface area contributed by atoms with Gasteiger partial charge in [-0.25, -0.2) is 0 Å². The van der Waals surface area contributed by atoms with E-state index in [-0.39, 0.29) is 11.8 Å². The molecule has 0 atom stereocenters. The van der Waals surface area contributed by atoms with Crippen LogP contribution in [0.3, 0.4) is 0 Å². The second-order valence-electron chi connectivity index (χ2n) is 8.78. The molecule has 168 valence electrons. The van der Waals surface area contributed by atoms with Crippen molar-refractivity contribution in [1.29, 1.82) is 0 Å². The topological polar surface area (TPSA) is 59.1 Å². The largest absolute Gasteiger partial charge is 0.347 e. The van der Waals surface area contributed by atoms with Crippen LogP contribution < -0.4 is 4.90 Å². The van der Waals surface area contributed by atoms with Crippen molar-refractivity contribution in [3.05, 3.63) is 58.7 Å². The van der Waals surface area contributed by atoms with E-state index in [2.05, 4.69) is 32.0 Å². The number of fused-ring (bicyclic) bond motifs is 1. The molecule has 0 saturated carbocycles. The fourth-order valence-electron chi connectivity index (χ4n) is 4.67. The minimum Gasteiger partial charge on any atom is -0.347 e. The van der Waals surface area contributed by atoms with Gasteiger partial charge in [0.15, 0.2) is 5.79 Å². The van der Waals surface area contributed by atoms with E-state index in [1.807, 2.05) is 28.0 Å². The summed E-state index contributed by atoms with van der Waals surface area (Å²) >= 11 is 1.54. The minimum absolute atomic E-state index is 0.00430. The molecule has 0 N–H and O–H groups in total. The zero-order valence-electron chi connectivity index (χ0n) is 18.6. The molecule has 3 heterocycles. The van der Waals surface area contributed by atoms with Gasteiger partial charge in [-0.2, -0.15) is 0 Å². The molecule has 2 aromatic rings. The predicted molar refractivity (Wildman–Crippen MR) is 124 cm³/mol. The van der Waals surface area contributed by atoms with Gasteiger partial charge >= 0.3 is 0 Å². The van der Waals surface area contributed by atoms with Crippen LogP contribution in [0.2, 0.25) is 0 Å². The highest BCUT2D eigenvalue weighted by molar-refractivity contribution is 8.00. The van der Waals surface area contributed by atoms with Crippen LogP contribution in [0.25, 0.3) is 0 Å². The lowest BCUT2D eigenvalue weighted by molar-refractivity contribution is -0.181. The molecule has 0 unspecified atom stereocenters. The standard InChI is InChI=1S/C25H28N2O4S/c1-17-3-4-18(2)20(13-17)15-27-21-14-19(5-6-22(21)32-16-23(27)28)24(29)26-9-7-25(8-10-26)30-11-12-31-25/h3-6,13-14H,7-12,15-16H2,1-2H3. The van der Waals surface area contributed by atoms with Crippen LogP contribution >= 0.6 is 11.8 Å². The molecule has 2 fully saturated rings. The summed E-state index contributed by atoms with van der Waals surface area (Å²) in [5.41, 5.74) is 4.91. The summed E-state index contributed by atoms with van der Waals surface area (Å²) in [4.78, 5) is 30.9. The molecule has 1 spiro atoms. The highest BCUT2D eigenvalue weighted by atomic mass is 32.2. The quantitative estimate of drug-likeness (QED) is 0.707. The minimum atomic E-state index is -0.502. The molecule has 7 heteroatoms. The second-order valence-corrected chi connectivity index (χ2v) is 9.80. The number of hydrogen-bond acceptors (Lipinski definition) is 5. The maximum atomic E-state index is 13.3. The Bertz CT molecular complexity index is 1050. The molecular weight excluding hydrogens is 424 g/mol. The van der Waals surface area contributed by atoms with Gasteiger partial charge in [0, 0.05) is 36.4 Å². The average molecular weight is 453 g/mol.